The van der Waals surface area contributed by atoms with Crippen LogP contribution < -0.4 is 16.4 Å². The Bertz CT molecular complexity index is 1490. The van der Waals surface area contributed by atoms with E-state index < -0.39 is 130 Å². The van der Waals surface area contributed by atoms with E-state index >= 15 is 26.3 Å². The van der Waals surface area contributed by atoms with Gasteiger partial charge in [0.05, 0.1) is 24.6 Å². The lowest BCUT2D eigenvalue weighted by Crippen LogP contribution is -2.73. The van der Waals surface area contributed by atoms with Gasteiger partial charge in [0, 0.05) is 7.26 Å². The Morgan fingerprint density at radius 2 is 0.473 bits per heavy atom. The lowest BCUT2D eigenvalue weighted by atomic mass is 9.13. The van der Waals surface area contributed by atoms with E-state index in [1.807, 2.05) is 0 Å². The SMILES string of the molecule is CCCC[B-](c1c(F)c(F)c(F)c(F)c1F)(c1c(F)c(F)c(F)c(F)c1F)c1c(F)c(F)c(F)c(F)c1F.CCCC[P+](CCCC)(CCCC)CCCC. The monoisotopic (exact) mass is 828 g/mol. The van der Waals surface area contributed by atoms with Crippen LogP contribution in [0.4, 0.5) is 65.9 Å². The third kappa shape index (κ3) is 9.81. The van der Waals surface area contributed by atoms with E-state index in [9.17, 15) is 39.5 Å². The van der Waals surface area contributed by atoms with Gasteiger partial charge in [0.25, 0.3) is 0 Å². The van der Waals surface area contributed by atoms with Gasteiger partial charge in [-0.25, -0.2) is 65.9 Å². The van der Waals surface area contributed by atoms with Gasteiger partial charge < -0.3 is 0 Å². The second-order valence-electron chi connectivity index (χ2n) is 13.8. The number of rotatable bonds is 18. The minimum absolute atomic E-state index is 0.316. The van der Waals surface area contributed by atoms with Crippen molar-refractivity contribution in [1.82, 2.24) is 0 Å². The van der Waals surface area contributed by atoms with E-state index in [1.54, 1.807) is 24.6 Å². The normalized spacial score (nSPS) is 12.0. The van der Waals surface area contributed by atoms with Crippen molar-refractivity contribution < 1.29 is 65.9 Å². The summed E-state index contributed by atoms with van der Waals surface area (Å²) in [7, 11) is -0.562. The molecule has 0 N–H and O–H groups in total. The first kappa shape index (κ1) is 48.3. The number of hydrogen-bond acceptors (Lipinski definition) is 0. The summed E-state index contributed by atoms with van der Waals surface area (Å²) >= 11 is 0. The minimum Gasteiger partial charge on any atom is -0.207 e. The molecule has 0 heterocycles. The topological polar surface area (TPSA) is 0 Å². The first-order chi connectivity index (χ1) is 25.8. The molecule has 0 radical (unpaired) electrons. The Kier molecular flexibility index (Phi) is 18.5. The molecule has 0 bridgehead atoms. The Morgan fingerprint density at radius 1 is 0.291 bits per heavy atom. The highest BCUT2D eigenvalue weighted by molar-refractivity contribution is 7.75. The van der Waals surface area contributed by atoms with Crippen molar-refractivity contribution in [2.45, 2.75) is 105 Å². The summed E-state index contributed by atoms with van der Waals surface area (Å²) in [6, 6.07) is 0. The van der Waals surface area contributed by atoms with Crippen LogP contribution in [-0.4, -0.2) is 30.8 Å². The van der Waals surface area contributed by atoms with Crippen molar-refractivity contribution in [2.24, 2.45) is 0 Å². The standard InChI is InChI=1S/C22H9BF15.C16H36P/c1-2-3-4-23(5-8(24)14(30)20(36)15(31)9(5)25,6-10(26)16(32)21(37)17(33)11(6)27)7-12(28)18(34)22(38)19(35)13(7)29;1-5-9-13-17(14-10-6-2,15-11-7-3)16-12-8-4/h2-4H2,1H3;5-16H2,1-4H3/q-1;+1. The molecule has 0 aromatic heterocycles. The zero-order valence-electron chi connectivity index (χ0n) is 31.3. The van der Waals surface area contributed by atoms with Gasteiger partial charge in [0.2, 0.25) is 0 Å². The Labute approximate surface area is 312 Å². The van der Waals surface area contributed by atoms with E-state index in [0.717, 1.165) is 0 Å². The molecule has 17 heteroatoms. The molecule has 0 atom stereocenters. The molecule has 55 heavy (non-hydrogen) atoms. The average molecular weight is 829 g/mol. The Morgan fingerprint density at radius 3 is 0.655 bits per heavy atom. The van der Waals surface area contributed by atoms with E-state index in [-0.39, 0.29) is 6.42 Å². The first-order valence-electron chi connectivity index (χ1n) is 18.4. The molecule has 0 aliphatic rings. The zero-order chi connectivity index (χ0) is 42.0. The highest BCUT2D eigenvalue weighted by Crippen LogP contribution is 2.61. The average Bonchev–Trinajstić information content (AvgIpc) is 3.18. The van der Waals surface area contributed by atoms with Crippen LogP contribution in [-0.2, 0) is 0 Å². The molecule has 0 saturated heterocycles. The van der Waals surface area contributed by atoms with Crippen molar-refractivity contribution in [3.63, 3.8) is 0 Å². The maximum atomic E-state index is 15.1. The van der Waals surface area contributed by atoms with Gasteiger partial charge in [0.15, 0.2) is 52.4 Å². The maximum Gasteiger partial charge on any atom is 0.200 e. The van der Waals surface area contributed by atoms with E-state index in [4.69, 9.17) is 0 Å². The molecule has 0 amide bonds. The molecule has 0 spiro atoms. The fraction of sp³-hybridized carbons (Fsp3) is 0.526. The molecule has 0 nitrogen and oxygen atoms in total. The summed E-state index contributed by atoms with van der Waals surface area (Å²) in [5.41, 5.74) is -7.70. The van der Waals surface area contributed by atoms with Gasteiger partial charge >= 0.3 is 0 Å². The third-order valence-corrected chi connectivity index (χ3v) is 15.2. The predicted octanol–water partition coefficient (Wildman–Crippen LogP) is 12.2. The van der Waals surface area contributed by atoms with E-state index in [1.165, 1.54) is 58.3 Å². The second kappa shape index (κ2) is 21.0. The van der Waals surface area contributed by atoms with Crippen LogP contribution >= 0.6 is 7.26 Å². The highest BCUT2D eigenvalue weighted by Gasteiger charge is 2.47. The quantitative estimate of drug-likeness (QED) is 0.0394. The number of hydrogen-bond donors (Lipinski definition) is 0. The summed E-state index contributed by atoms with van der Waals surface area (Å²) in [4.78, 5) is 0. The van der Waals surface area contributed by atoms with E-state index in [2.05, 4.69) is 27.7 Å². The summed E-state index contributed by atoms with van der Waals surface area (Å²) in [5, 5.41) is 0. The molecule has 3 aromatic rings. The zero-order valence-corrected chi connectivity index (χ0v) is 32.2. The van der Waals surface area contributed by atoms with Crippen LogP contribution in [0, 0.1) is 87.3 Å². The van der Waals surface area contributed by atoms with Crippen molar-refractivity contribution >= 4 is 29.8 Å². The van der Waals surface area contributed by atoms with Crippen LogP contribution in [0.15, 0.2) is 0 Å². The lowest BCUT2D eigenvalue weighted by Gasteiger charge is -2.44. The van der Waals surface area contributed by atoms with Crippen molar-refractivity contribution in [3.05, 3.63) is 87.3 Å². The molecule has 310 valence electrons. The Hall–Kier alpha value is -2.90. The molecule has 0 fully saturated rings. The lowest BCUT2D eigenvalue weighted by molar-refractivity contribution is 0.379. The van der Waals surface area contributed by atoms with Crippen LogP contribution in [0.1, 0.15) is 98.8 Å². The van der Waals surface area contributed by atoms with Gasteiger partial charge in [-0.1, -0.05) is 73.1 Å². The third-order valence-electron chi connectivity index (χ3n) is 10.1. The molecule has 0 saturated carbocycles. The molecular weight excluding hydrogens is 783 g/mol. The molecule has 3 aromatic carbocycles. The number of unbranched alkanes of at least 4 members (excludes halogenated alkanes) is 5. The summed E-state index contributed by atoms with van der Waals surface area (Å²) in [6.07, 6.45) is 9.80. The van der Waals surface area contributed by atoms with Crippen LogP contribution in [0.3, 0.4) is 0 Å². The molecule has 0 unspecified atom stereocenters. The van der Waals surface area contributed by atoms with Crippen LogP contribution in [0.25, 0.3) is 0 Å². The summed E-state index contributed by atoms with van der Waals surface area (Å²) in [5.74, 6) is -44.7. The predicted molar refractivity (Wildman–Crippen MR) is 189 cm³/mol. The van der Waals surface area contributed by atoms with Gasteiger partial charge in [-0.15, -0.1) is 16.4 Å². The highest BCUT2D eigenvalue weighted by atomic mass is 31.2. The first-order valence-corrected chi connectivity index (χ1v) is 20.9. The van der Waals surface area contributed by atoms with Gasteiger partial charge in [-0.05, 0) is 25.7 Å². The Balaban J connectivity index is 0.000000518. The number of benzene rings is 3. The van der Waals surface area contributed by atoms with E-state index in [0.29, 0.717) is 0 Å². The van der Waals surface area contributed by atoms with Crippen LogP contribution in [0.2, 0.25) is 6.32 Å². The minimum atomic E-state index is -5.41. The summed E-state index contributed by atoms with van der Waals surface area (Å²) < 4.78 is 217. The smallest absolute Gasteiger partial charge is 0.200 e. The van der Waals surface area contributed by atoms with Gasteiger partial charge in [0.1, 0.15) is 41.0 Å². The van der Waals surface area contributed by atoms with Gasteiger partial charge in [-0.3, -0.25) is 0 Å². The maximum absolute atomic E-state index is 15.1. The van der Waals surface area contributed by atoms with Crippen molar-refractivity contribution in [1.29, 1.82) is 0 Å². The van der Waals surface area contributed by atoms with Crippen LogP contribution in [0.5, 0.6) is 0 Å². The largest absolute Gasteiger partial charge is 0.207 e. The molecule has 0 aliphatic heterocycles. The van der Waals surface area contributed by atoms with Gasteiger partial charge in [-0.2, -0.15) is 6.32 Å². The fourth-order valence-electron chi connectivity index (χ4n) is 7.18. The summed E-state index contributed by atoms with van der Waals surface area (Å²) in [6.45, 7) is 10.6. The van der Waals surface area contributed by atoms with Crippen molar-refractivity contribution in [3.8, 4) is 0 Å². The van der Waals surface area contributed by atoms with Crippen molar-refractivity contribution in [2.75, 3.05) is 24.6 Å². The second-order valence-corrected chi connectivity index (χ2v) is 18.3. The molecule has 0 aliphatic carbocycles. The number of halogens is 15. The fourth-order valence-corrected chi connectivity index (χ4v) is 12.5. The molecule has 3 rings (SSSR count). The molecular formula is C38H45BF15P.